The Morgan fingerprint density at radius 1 is 0.913 bits per heavy atom. The van der Waals surface area contributed by atoms with E-state index >= 15 is 0 Å². The van der Waals surface area contributed by atoms with Crippen molar-refractivity contribution < 1.29 is 22.5 Å². The summed E-state index contributed by atoms with van der Waals surface area (Å²) in [5, 5.41) is 0.701. The van der Waals surface area contributed by atoms with Crippen LogP contribution in [0.1, 0.15) is 33.3 Å². The summed E-state index contributed by atoms with van der Waals surface area (Å²) in [7, 11) is -0.814. The van der Waals surface area contributed by atoms with Gasteiger partial charge in [-0.25, -0.2) is 0 Å². The zero-order valence-corrected chi connectivity index (χ0v) is 13.5. The van der Waals surface area contributed by atoms with E-state index in [1.807, 2.05) is 27.7 Å². The van der Waals surface area contributed by atoms with Gasteiger partial charge in [-0.1, -0.05) is 30.3 Å². The van der Waals surface area contributed by atoms with Crippen LogP contribution < -0.4 is 5.46 Å². The van der Waals surface area contributed by atoms with Gasteiger partial charge in [0.15, 0.2) is 0 Å². The maximum absolute atomic E-state index is 13.4. The monoisotopic (exact) mass is 322 g/mol. The highest BCUT2D eigenvalue weighted by Gasteiger charge is 2.52. The van der Waals surface area contributed by atoms with Crippen molar-refractivity contribution in [2.75, 3.05) is 0 Å². The largest absolute Gasteiger partial charge is 0.494 e. The van der Waals surface area contributed by atoms with Crippen LogP contribution in [-0.2, 0) is 15.5 Å². The first-order valence-electron chi connectivity index (χ1n) is 7.47. The van der Waals surface area contributed by atoms with Gasteiger partial charge in [-0.2, -0.15) is 13.2 Å². The summed E-state index contributed by atoms with van der Waals surface area (Å²) in [6.07, 6.45) is -4.43. The molecule has 1 heterocycles. The van der Waals surface area contributed by atoms with Gasteiger partial charge in [-0.3, -0.25) is 0 Å². The van der Waals surface area contributed by atoms with Crippen LogP contribution in [0, 0.1) is 0 Å². The Kier molecular flexibility index (Phi) is 3.54. The second-order valence-corrected chi connectivity index (χ2v) is 6.88. The molecule has 0 N–H and O–H groups in total. The van der Waals surface area contributed by atoms with Crippen molar-refractivity contribution in [1.29, 1.82) is 0 Å². The van der Waals surface area contributed by atoms with E-state index in [2.05, 4.69) is 0 Å². The maximum atomic E-state index is 13.4. The number of hydrogen-bond acceptors (Lipinski definition) is 2. The van der Waals surface area contributed by atoms with E-state index in [0.29, 0.717) is 10.8 Å². The Hall–Kier alpha value is -1.53. The smallest absolute Gasteiger partial charge is 0.399 e. The molecule has 0 radical (unpaired) electrons. The second kappa shape index (κ2) is 4.98. The van der Waals surface area contributed by atoms with Gasteiger partial charge in [0.1, 0.15) is 0 Å². The number of fused-ring (bicyclic) bond motifs is 1. The van der Waals surface area contributed by atoms with Gasteiger partial charge in [0, 0.05) is 0 Å². The Morgan fingerprint density at radius 2 is 1.48 bits per heavy atom. The van der Waals surface area contributed by atoms with Crippen molar-refractivity contribution in [3.63, 3.8) is 0 Å². The molecular weight excluding hydrogens is 304 g/mol. The van der Waals surface area contributed by atoms with E-state index in [0.717, 1.165) is 6.07 Å². The van der Waals surface area contributed by atoms with E-state index in [9.17, 15) is 13.2 Å². The molecule has 2 aromatic carbocycles. The molecule has 0 bridgehead atoms. The standard InChI is InChI=1S/C17H18BF3O2/c1-15(2)16(3,4)23-18(22-15)12-9-11-7-5-6-8-13(11)14(10-12)17(19,20)21/h5-10H,1-4H3. The quantitative estimate of drug-likeness (QED) is 0.734. The number of rotatable bonds is 1. The molecule has 0 aromatic heterocycles. The third kappa shape index (κ3) is 2.74. The van der Waals surface area contributed by atoms with Gasteiger partial charge >= 0.3 is 13.3 Å². The summed E-state index contributed by atoms with van der Waals surface area (Å²) in [6, 6.07) is 9.30. The Labute approximate surface area is 133 Å². The summed E-state index contributed by atoms with van der Waals surface area (Å²) in [5.41, 5.74) is -1.47. The Bertz CT molecular complexity index is 737. The first-order chi connectivity index (χ1) is 10.5. The molecular formula is C17H18BF3O2. The third-order valence-corrected chi connectivity index (χ3v) is 4.71. The van der Waals surface area contributed by atoms with Crippen LogP contribution >= 0.6 is 0 Å². The zero-order chi connectivity index (χ0) is 17.0. The lowest BCUT2D eigenvalue weighted by Gasteiger charge is -2.32. The van der Waals surface area contributed by atoms with Gasteiger partial charge in [-0.05, 0) is 50.0 Å². The van der Waals surface area contributed by atoms with Crippen LogP contribution in [0.4, 0.5) is 13.2 Å². The Balaban J connectivity index is 2.13. The molecule has 0 amide bonds. The first kappa shape index (κ1) is 16.3. The van der Waals surface area contributed by atoms with Crippen molar-refractivity contribution in [2.24, 2.45) is 0 Å². The lowest BCUT2D eigenvalue weighted by Crippen LogP contribution is -2.41. The van der Waals surface area contributed by atoms with Crippen molar-refractivity contribution in [1.82, 2.24) is 0 Å². The number of alkyl halides is 3. The molecule has 122 valence electrons. The van der Waals surface area contributed by atoms with Crippen LogP contribution in [0.15, 0.2) is 36.4 Å². The van der Waals surface area contributed by atoms with Gasteiger partial charge in [0.25, 0.3) is 0 Å². The molecule has 0 atom stereocenters. The molecule has 2 nitrogen and oxygen atoms in total. The summed E-state index contributed by atoms with van der Waals surface area (Å²) in [4.78, 5) is 0. The highest BCUT2D eigenvalue weighted by molar-refractivity contribution is 6.62. The fourth-order valence-electron chi connectivity index (χ4n) is 2.68. The lowest BCUT2D eigenvalue weighted by atomic mass is 9.77. The van der Waals surface area contributed by atoms with Crippen LogP contribution in [0.3, 0.4) is 0 Å². The molecule has 6 heteroatoms. The lowest BCUT2D eigenvalue weighted by molar-refractivity contribution is -0.136. The summed E-state index contributed by atoms with van der Waals surface area (Å²) in [6.45, 7) is 7.49. The highest BCUT2D eigenvalue weighted by atomic mass is 19.4. The predicted molar refractivity (Wildman–Crippen MR) is 84.7 cm³/mol. The minimum absolute atomic E-state index is 0.181. The van der Waals surface area contributed by atoms with Crippen LogP contribution in [0.25, 0.3) is 10.8 Å². The number of hydrogen-bond donors (Lipinski definition) is 0. The van der Waals surface area contributed by atoms with Crippen molar-refractivity contribution in [3.05, 3.63) is 42.0 Å². The summed E-state index contributed by atoms with van der Waals surface area (Å²) in [5.74, 6) is 0. The van der Waals surface area contributed by atoms with Crippen LogP contribution in [-0.4, -0.2) is 18.3 Å². The van der Waals surface area contributed by atoms with Crippen LogP contribution in [0.5, 0.6) is 0 Å². The van der Waals surface area contributed by atoms with E-state index in [1.165, 1.54) is 6.07 Å². The van der Waals surface area contributed by atoms with Crippen molar-refractivity contribution in [3.8, 4) is 0 Å². The van der Waals surface area contributed by atoms with Gasteiger partial charge in [0.2, 0.25) is 0 Å². The fourth-order valence-corrected chi connectivity index (χ4v) is 2.68. The molecule has 1 aliphatic heterocycles. The molecule has 1 saturated heterocycles. The Morgan fingerprint density at radius 3 is 2.04 bits per heavy atom. The normalized spacial score (nSPS) is 20.2. The van der Waals surface area contributed by atoms with Gasteiger partial charge in [0.05, 0.1) is 16.8 Å². The third-order valence-electron chi connectivity index (χ3n) is 4.71. The number of halogens is 3. The minimum Gasteiger partial charge on any atom is -0.399 e. The molecule has 2 aromatic rings. The minimum atomic E-state index is -4.43. The van der Waals surface area contributed by atoms with E-state index in [4.69, 9.17) is 9.31 Å². The number of benzene rings is 2. The predicted octanol–water partition coefficient (Wildman–Crippen LogP) is 4.16. The van der Waals surface area contributed by atoms with Crippen molar-refractivity contribution >= 4 is 23.4 Å². The zero-order valence-electron chi connectivity index (χ0n) is 13.5. The maximum Gasteiger partial charge on any atom is 0.494 e. The van der Waals surface area contributed by atoms with E-state index in [1.54, 1.807) is 24.3 Å². The average Bonchev–Trinajstić information content (AvgIpc) is 2.65. The molecule has 0 spiro atoms. The SMILES string of the molecule is CC1(C)OB(c2cc(C(F)(F)F)c3ccccc3c2)OC1(C)C. The fraction of sp³-hybridized carbons (Fsp3) is 0.412. The van der Waals surface area contributed by atoms with E-state index in [-0.39, 0.29) is 5.39 Å². The first-order valence-corrected chi connectivity index (χ1v) is 7.47. The topological polar surface area (TPSA) is 18.5 Å². The average molecular weight is 322 g/mol. The summed E-state index contributed by atoms with van der Waals surface area (Å²) < 4.78 is 52.0. The van der Waals surface area contributed by atoms with Gasteiger partial charge in [-0.15, -0.1) is 0 Å². The summed E-state index contributed by atoms with van der Waals surface area (Å²) >= 11 is 0. The van der Waals surface area contributed by atoms with Crippen LogP contribution in [0.2, 0.25) is 0 Å². The molecule has 0 aliphatic carbocycles. The molecule has 3 rings (SSSR count). The second-order valence-electron chi connectivity index (χ2n) is 6.88. The molecule has 23 heavy (non-hydrogen) atoms. The van der Waals surface area contributed by atoms with Gasteiger partial charge < -0.3 is 9.31 Å². The molecule has 1 aliphatic rings. The van der Waals surface area contributed by atoms with Crippen molar-refractivity contribution in [2.45, 2.75) is 45.1 Å². The van der Waals surface area contributed by atoms with E-state index < -0.39 is 30.1 Å². The molecule has 0 saturated carbocycles. The highest BCUT2D eigenvalue weighted by Crippen LogP contribution is 2.38. The molecule has 0 unspecified atom stereocenters. The molecule has 1 fully saturated rings.